The van der Waals surface area contributed by atoms with Crippen LogP contribution in [-0.2, 0) is 12.8 Å². The van der Waals surface area contributed by atoms with Crippen molar-refractivity contribution in [1.29, 1.82) is 0 Å². The van der Waals surface area contributed by atoms with Crippen LogP contribution in [-0.4, -0.2) is 19.9 Å². The quantitative estimate of drug-likeness (QED) is 0.936. The van der Waals surface area contributed by atoms with E-state index in [0.717, 1.165) is 35.7 Å². The zero-order chi connectivity index (χ0) is 14.0. The summed E-state index contributed by atoms with van der Waals surface area (Å²) in [5.74, 6) is 1.74. The predicted octanol–water partition coefficient (Wildman–Crippen LogP) is 3.10. The van der Waals surface area contributed by atoms with Gasteiger partial charge in [0.25, 0.3) is 0 Å². The standard InChI is InChI=1S/C14H18ClN3O/c1-4-13-16-14(5-2)18(17-13)10-6-7-11(9(3)19)12(15)8-10/h6-9,19H,4-5H2,1-3H3. The topological polar surface area (TPSA) is 50.9 Å². The van der Waals surface area contributed by atoms with E-state index in [0.29, 0.717) is 5.02 Å². The normalized spacial score (nSPS) is 12.7. The Kier molecular flexibility index (Phi) is 4.22. The van der Waals surface area contributed by atoms with Crippen LogP contribution >= 0.6 is 11.6 Å². The van der Waals surface area contributed by atoms with E-state index >= 15 is 0 Å². The maximum absolute atomic E-state index is 9.59. The number of aromatic nitrogens is 3. The van der Waals surface area contributed by atoms with E-state index < -0.39 is 6.10 Å². The summed E-state index contributed by atoms with van der Waals surface area (Å²) < 4.78 is 1.82. The summed E-state index contributed by atoms with van der Waals surface area (Å²) in [7, 11) is 0. The molecule has 0 radical (unpaired) electrons. The molecule has 5 heteroatoms. The van der Waals surface area contributed by atoms with E-state index in [1.807, 2.05) is 36.7 Å². The summed E-state index contributed by atoms with van der Waals surface area (Å²) in [4.78, 5) is 4.47. The lowest BCUT2D eigenvalue weighted by Gasteiger charge is -2.10. The SMILES string of the molecule is CCc1nc(CC)n(-c2ccc(C(C)O)c(Cl)c2)n1. The van der Waals surface area contributed by atoms with Crippen molar-refractivity contribution in [2.45, 2.75) is 39.7 Å². The summed E-state index contributed by atoms with van der Waals surface area (Å²) in [5.41, 5.74) is 1.60. The molecule has 1 atom stereocenters. The van der Waals surface area contributed by atoms with Crippen molar-refractivity contribution in [2.24, 2.45) is 0 Å². The van der Waals surface area contributed by atoms with Crippen LogP contribution in [0.5, 0.6) is 0 Å². The highest BCUT2D eigenvalue weighted by Gasteiger charge is 2.12. The molecule has 1 heterocycles. The number of rotatable bonds is 4. The first-order chi connectivity index (χ1) is 9.06. The van der Waals surface area contributed by atoms with Crippen molar-refractivity contribution in [3.63, 3.8) is 0 Å². The zero-order valence-electron chi connectivity index (χ0n) is 11.4. The molecule has 0 amide bonds. The number of nitrogens with zero attached hydrogens (tertiary/aromatic N) is 3. The van der Waals surface area contributed by atoms with Crippen molar-refractivity contribution >= 4 is 11.6 Å². The minimum absolute atomic E-state index is 0.545. The van der Waals surface area contributed by atoms with Gasteiger partial charge in [-0.15, -0.1) is 0 Å². The number of benzene rings is 1. The molecular weight excluding hydrogens is 262 g/mol. The molecule has 4 nitrogen and oxygen atoms in total. The summed E-state index contributed by atoms with van der Waals surface area (Å²) in [6.45, 7) is 5.78. The van der Waals surface area contributed by atoms with Crippen molar-refractivity contribution < 1.29 is 5.11 Å². The third-order valence-electron chi connectivity index (χ3n) is 3.03. The molecule has 1 N–H and O–H groups in total. The predicted molar refractivity (Wildman–Crippen MR) is 75.8 cm³/mol. The van der Waals surface area contributed by atoms with Crippen LogP contribution in [0.25, 0.3) is 5.69 Å². The van der Waals surface area contributed by atoms with Crippen LogP contribution in [0, 0.1) is 0 Å². The Labute approximate surface area is 118 Å². The maximum Gasteiger partial charge on any atom is 0.151 e. The average molecular weight is 280 g/mol. The van der Waals surface area contributed by atoms with Gasteiger partial charge in [0, 0.05) is 17.9 Å². The van der Waals surface area contributed by atoms with E-state index in [9.17, 15) is 5.11 Å². The second-order valence-corrected chi connectivity index (χ2v) is 4.85. The van der Waals surface area contributed by atoms with E-state index in [2.05, 4.69) is 10.1 Å². The Balaban J connectivity index is 2.47. The Bertz CT molecular complexity index is 578. The van der Waals surface area contributed by atoms with E-state index in [-0.39, 0.29) is 0 Å². The summed E-state index contributed by atoms with van der Waals surface area (Å²) in [6, 6.07) is 5.55. The van der Waals surface area contributed by atoms with Gasteiger partial charge in [-0.05, 0) is 24.6 Å². The van der Waals surface area contributed by atoms with Crippen molar-refractivity contribution in [2.75, 3.05) is 0 Å². The smallest absolute Gasteiger partial charge is 0.151 e. The molecule has 19 heavy (non-hydrogen) atoms. The number of hydrogen-bond acceptors (Lipinski definition) is 3. The van der Waals surface area contributed by atoms with Gasteiger partial charge in [0.1, 0.15) is 5.82 Å². The number of aliphatic hydroxyl groups excluding tert-OH is 1. The van der Waals surface area contributed by atoms with Gasteiger partial charge in [-0.3, -0.25) is 0 Å². The lowest BCUT2D eigenvalue weighted by atomic mass is 10.1. The Morgan fingerprint density at radius 3 is 2.58 bits per heavy atom. The molecule has 0 aliphatic rings. The number of halogens is 1. The molecular formula is C14H18ClN3O. The molecule has 102 valence electrons. The first-order valence-electron chi connectivity index (χ1n) is 6.49. The second kappa shape index (κ2) is 5.72. The molecule has 0 fully saturated rings. The van der Waals surface area contributed by atoms with Crippen LogP contribution in [0.1, 0.15) is 44.1 Å². The lowest BCUT2D eigenvalue weighted by molar-refractivity contribution is 0.199. The molecule has 0 saturated carbocycles. The van der Waals surface area contributed by atoms with Crippen molar-refractivity contribution in [3.8, 4) is 5.69 Å². The van der Waals surface area contributed by atoms with Crippen LogP contribution in [0.4, 0.5) is 0 Å². The van der Waals surface area contributed by atoms with E-state index in [4.69, 9.17) is 11.6 Å². The molecule has 0 spiro atoms. The Morgan fingerprint density at radius 2 is 2.05 bits per heavy atom. The molecule has 0 bridgehead atoms. The lowest BCUT2D eigenvalue weighted by Crippen LogP contribution is -2.03. The first kappa shape index (κ1) is 14.0. The zero-order valence-corrected chi connectivity index (χ0v) is 12.1. The number of aryl methyl sites for hydroxylation is 2. The second-order valence-electron chi connectivity index (χ2n) is 4.44. The molecule has 1 unspecified atom stereocenters. The van der Waals surface area contributed by atoms with Crippen LogP contribution in [0.2, 0.25) is 5.02 Å². The van der Waals surface area contributed by atoms with Gasteiger partial charge >= 0.3 is 0 Å². The Morgan fingerprint density at radius 1 is 1.32 bits per heavy atom. The first-order valence-corrected chi connectivity index (χ1v) is 6.87. The molecule has 1 aromatic carbocycles. The van der Waals surface area contributed by atoms with Gasteiger partial charge in [0.15, 0.2) is 5.82 Å². The number of hydrogen-bond donors (Lipinski definition) is 1. The summed E-state index contributed by atoms with van der Waals surface area (Å²) >= 11 is 6.19. The fourth-order valence-electron chi connectivity index (χ4n) is 1.96. The highest BCUT2D eigenvalue weighted by atomic mass is 35.5. The van der Waals surface area contributed by atoms with E-state index in [1.54, 1.807) is 6.92 Å². The highest BCUT2D eigenvalue weighted by molar-refractivity contribution is 6.31. The maximum atomic E-state index is 9.59. The van der Waals surface area contributed by atoms with Crippen LogP contribution < -0.4 is 0 Å². The minimum Gasteiger partial charge on any atom is -0.389 e. The highest BCUT2D eigenvalue weighted by Crippen LogP contribution is 2.25. The molecule has 1 aromatic heterocycles. The van der Waals surface area contributed by atoms with Gasteiger partial charge in [0.05, 0.1) is 11.8 Å². The van der Waals surface area contributed by atoms with Crippen LogP contribution in [0.3, 0.4) is 0 Å². The van der Waals surface area contributed by atoms with Gasteiger partial charge in [-0.1, -0.05) is 31.5 Å². The van der Waals surface area contributed by atoms with Gasteiger partial charge in [-0.2, -0.15) is 5.10 Å². The molecule has 0 saturated heterocycles. The van der Waals surface area contributed by atoms with Crippen molar-refractivity contribution in [3.05, 3.63) is 40.4 Å². The van der Waals surface area contributed by atoms with Gasteiger partial charge < -0.3 is 5.11 Å². The fourth-order valence-corrected chi connectivity index (χ4v) is 2.30. The van der Waals surface area contributed by atoms with Gasteiger partial charge in [0.2, 0.25) is 0 Å². The third kappa shape index (κ3) is 2.80. The summed E-state index contributed by atoms with van der Waals surface area (Å²) in [5, 5.41) is 14.6. The third-order valence-corrected chi connectivity index (χ3v) is 3.36. The van der Waals surface area contributed by atoms with Crippen molar-refractivity contribution in [1.82, 2.24) is 14.8 Å². The minimum atomic E-state index is -0.575. The monoisotopic (exact) mass is 279 g/mol. The molecule has 2 rings (SSSR count). The molecule has 0 aliphatic heterocycles. The van der Waals surface area contributed by atoms with Crippen LogP contribution in [0.15, 0.2) is 18.2 Å². The van der Waals surface area contributed by atoms with Gasteiger partial charge in [-0.25, -0.2) is 9.67 Å². The molecule has 2 aromatic rings. The Hall–Kier alpha value is -1.39. The average Bonchev–Trinajstić information content (AvgIpc) is 2.81. The molecule has 0 aliphatic carbocycles. The summed E-state index contributed by atoms with van der Waals surface area (Å²) in [6.07, 6.45) is 1.04. The fraction of sp³-hybridized carbons (Fsp3) is 0.429. The largest absolute Gasteiger partial charge is 0.389 e. The van der Waals surface area contributed by atoms with E-state index in [1.165, 1.54) is 0 Å². The number of aliphatic hydroxyl groups is 1.